The summed E-state index contributed by atoms with van der Waals surface area (Å²) in [5.74, 6) is 0. The van der Waals surface area contributed by atoms with Crippen molar-refractivity contribution in [2.24, 2.45) is 5.10 Å². The molecule has 0 unspecified atom stereocenters. The molecular weight excluding hydrogens is 317 g/mol. The van der Waals surface area contributed by atoms with Crippen molar-refractivity contribution in [2.75, 3.05) is 31.1 Å². The van der Waals surface area contributed by atoms with Gasteiger partial charge in [-0.05, 0) is 29.8 Å². The van der Waals surface area contributed by atoms with Gasteiger partial charge in [0.2, 0.25) is 0 Å². The Kier molecular flexibility index (Phi) is 4.86. The van der Waals surface area contributed by atoms with Crippen molar-refractivity contribution in [1.29, 1.82) is 0 Å². The summed E-state index contributed by atoms with van der Waals surface area (Å²) in [6.45, 7) is 3.77. The van der Waals surface area contributed by atoms with Gasteiger partial charge in [0.05, 0.1) is 29.3 Å². The Morgan fingerprint density at radius 1 is 0.864 bits per heavy atom. The highest BCUT2D eigenvalue weighted by molar-refractivity contribution is 6.42. The third kappa shape index (κ3) is 3.73. The second-order valence-electron chi connectivity index (χ2n) is 5.19. The standard InChI is InChI=1S/C17H17Cl2N3/c18-16-7-6-14(12-17(16)19)13-20-22-10-8-21(9-11-22)15-4-2-1-3-5-15/h1-7,12-13H,8-11H2/b20-13+. The predicted octanol–water partition coefficient (Wildman–Crippen LogP) is 4.15. The van der Waals surface area contributed by atoms with Gasteiger partial charge in [-0.15, -0.1) is 0 Å². The molecule has 0 bridgehead atoms. The van der Waals surface area contributed by atoms with E-state index in [1.54, 1.807) is 6.07 Å². The molecule has 0 amide bonds. The van der Waals surface area contributed by atoms with Gasteiger partial charge in [-0.2, -0.15) is 5.10 Å². The normalized spacial score (nSPS) is 15.5. The molecular formula is C17H17Cl2N3. The number of benzene rings is 2. The Morgan fingerprint density at radius 3 is 2.27 bits per heavy atom. The monoisotopic (exact) mass is 333 g/mol. The van der Waals surface area contributed by atoms with E-state index in [-0.39, 0.29) is 0 Å². The van der Waals surface area contributed by atoms with Gasteiger partial charge in [0, 0.05) is 18.8 Å². The number of anilines is 1. The van der Waals surface area contributed by atoms with Crippen LogP contribution in [0.3, 0.4) is 0 Å². The maximum Gasteiger partial charge on any atom is 0.0598 e. The highest BCUT2D eigenvalue weighted by Gasteiger charge is 2.15. The highest BCUT2D eigenvalue weighted by Crippen LogP contribution is 2.22. The van der Waals surface area contributed by atoms with E-state index in [4.69, 9.17) is 23.2 Å². The van der Waals surface area contributed by atoms with Crippen LogP contribution in [0.4, 0.5) is 5.69 Å². The van der Waals surface area contributed by atoms with Gasteiger partial charge < -0.3 is 4.90 Å². The minimum Gasteiger partial charge on any atom is -0.368 e. The van der Waals surface area contributed by atoms with Crippen LogP contribution in [0, 0.1) is 0 Å². The van der Waals surface area contributed by atoms with E-state index < -0.39 is 0 Å². The number of hydrazone groups is 1. The quantitative estimate of drug-likeness (QED) is 0.786. The molecule has 1 fully saturated rings. The average Bonchev–Trinajstić information content (AvgIpc) is 2.57. The summed E-state index contributed by atoms with van der Waals surface area (Å²) in [6, 6.07) is 16.0. The van der Waals surface area contributed by atoms with Gasteiger partial charge in [0.25, 0.3) is 0 Å². The van der Waals surface area contributed by atoms with E-state index in [9.17, 15) is 0 Å². The van der Waals surface area contributed by atoms with E-state index in [2.05, 4.69) is 39.3 Å². The summed E-state index contributed by atoms with van der Waals surface area (Å²) in [5.41, 5.74) is 2.23. The molecule has 3 rings (SSSR count). The molecule has 0 atom stereocenters. The second-order valence-corrected chi connectivity index (χ2v) is 6.01. The molecule has 1 aliphatic heterocycles. The number of hydrogen-bond acceptors (Lipinski definition) is 3. The number of rotatable bonds is 3. The lowest BCUT2D eigenvalue weighted by atomic mass is 10.2. The number of nitrogens with zero attached hydrogens (tertiary/aromatic N) is 3. The summed E-state index contributed by atoms with van der Waals surface area (Å²) in [7, 11) is 0. The van der Waals surface area contributed by atoms with Gasteiger partial charge in [0.15, 0.2) is 0 Å². The maximum atomic E-state index is 6.01. The van der Waals surface area contributed by atoms with Crippen LogP contribution in [0.5, 0.6) is 0 Å². The van der Waals surface area contributed by atoms with Crippen molar-refractivity contribution in [3.8, 4) is 0 Å². The van der Waals surface area contributed by atoms with Crippen molar-refractivity contribution in [2.45, 2.75) is 0 Å². The van der Waals surface area contributed by atoms with Crippen LogP contribution < -0.4 is 4.90 Å². The van der Waals surface area contributed by atoms with Crippen LogP contribution >= 0.6 is 23.2 Å². The van der Waals surface area contributed by atoms with E-state index in [0.717, 1.165) is 31.7 Å². The first-order valence-corrected chi connectivity index (χ1v) is 8.02. The van der Waals surface area contributed by atoms with Gasteiger partial charge >= 0.3 is 0 Å². The Hall–Kier alpha value is -1.71. The molecule has 0 spiro atoms. The maximum absolute atomic E-state index is 6.01. The molecule has 114 valence electrons. The van der Waals surface area contributed by atoms with Crippen LogP contribution in [-0.2, 0) is 0 Å². The summed E-state index contributed by atoms with van der Waals surface area (Å²) in [6.07, 6.45) is 1.83. The lowest BCUT2D eigenvalue weighted by molar-refractivity contribution is 0.272. The van der Waals surface area contributed by atoms with Gasteiger partial charge in [0.1, 0.15) is 0 Å². The van der Waals surface area contributed by atoms with E-state index in [0.29, 0.717) is 10.0 Å². The van der Waals surface area contributed by atoms with E-state index in [1.165, 1.54) is 5.69 Å². The molecule has 1 aliphatic rings. The number of hydrogen-bond donors (Lipinski definition) is 0. The summed E-state index contributed by atoms with van der Waals surface area (Å²) in [5, 5.41) is 7.74. The molecule has 0 radical (unpaired) electrons. The van der Waals surface area contributed by atoms with Crippen molar-refractivity contribution < 1.29 is 0 Å². The molecule has 3 nitrogen and oxygen atoms in total. The zero-order valence-electron chi connectivity index (χ0n) is 12.1. The average molecular weight is 334 g/mol. The molecule has 0 aliphatic carbocycles. The molecule has 1 heterocycles. The minimum absolute atomic E-state index is 0.555. The van der Waals surface area contributed by atoms with Crippen LogP contribution in [-0.4, -0.2) is 37.4 Å². The molecule has 5 heteroatoms. The van der Waals surface area contributed by atoms with Crippen LogP contribution in [0.2, 0.25) is 10.0 Å². The van der Waals surface area contributed by atoms with Crippen molar-refractivity contribution in [1.82, 2.24) is 5.01 Å². The highest BCUT2D eigenvalue weighted by atomic mass is 35.5. The van der Waals surface area contributed by atoms with Crippen molar-refractivity contribution in [3.05, 3.63) is 64.1 Å². The zero-order valence-corrected chi connectivity index (χ0v) is 13.6. The lowest BCUT2D eigenvalue weighted by Gasteiger charge is -2.34. The van der Waals surface area contributed by atoms with Crippen LogP contribution in [0.15, 0.2) is 53.6 Å². The first-order valence-electron chi connectivity index (χ1n) is 7.26. The van der Waals surface area contributed by atoms with Crippen molar-refractivity contribution >= 4 is 35.1 Å². The Balaban J connectivity index is 1.57. The number of piperazine rings is 1. The minimum atomic E-state index is 0.555. The smallest absolute Gasteiger partial charge is 0.0598 e. The predicted molar refractivity (Wildman–Crippen MR) is 94.3 cm³/mol. The topological polar surface area (TPSA) is 18.8 Å². The SMILES string of the molecule is Clc1ccc(/C=N/N2CCN(c3ccccc3)CC2)cc1Cl. The third-order valence-electron chi connectivity index (χ3n) is 3.69. The first-order chi connectivity index (χ1) is 10.7. The first kappa shape index (κ1) is 15.2. The molecule has 22 heavy (non-hydrogen) atoms. The molecule has 0 saturated carbocycles. The summed E-state index contributed by atoms with van der Waals surface area (Å²) < 4.78 is 0. The van der Waals surface area contributed by atoms with E-state index in [1.807, 2.05) is 24.4 Å². The number of halogens is 2. The van der Waals surface area contributed by atoms with Crippen molar-refractivity contribution in [3.63, 3.8) is 0 Å². The zero-order chi connectivity index (χ0) is 15.4. The largest absolute Gasteiger partial charge is 0.368 e. The fourth-order valence-electron chi connectivity index (χ4n) is 2.45. The lowest BCUT2D eigenvalue weighted by Crippen LogP contribution is -2.44. The number of para-hydroxylation sites is 1. The van der Waals surface area contributed by atoms with Gasteiger partial charge in [-0.3, -0.25) is 5.01 Å². The molecule has 1 saturated heterocycles. The fraction of sp³-hybridized carbons (Fsp3) is 0.235. The molecule has 0 N–H and O–H groups in total. The van der Waals surface area contributed by atoms with Crippen LogP contribution in [0.1, 0.15) is 5.56 Å². The second kappa shape index (κ2) is 7.03. The third-order valence-corrected chi connectivity index (χ3v) is 4.43. The van der Waals surface area contributed by atoms with Crippen LogP contribution in [0.25, 0.3) is 0 Å². The van der Waals surface area contributed by atoms with E-state index >= 15 is 0 Å². The summed E-state index contributed by atoms with van der Waals surface area (Å²) in [4.78, 5) is 2.38. The summed E-state index contributed by atoms with van der Waals surface area (Å²) >= 11 is 11.9. The molecule has 0 aromatic heterocycles. The Morgan fingerprint density at radius 2 is 1.59 bits per heavy atom. The fourth-order valence-corrected chi connectivity index (χ4v) is 2.76. The molecule has 2 aromatic rings. The molecule has 2 aromatic carbocycles. The Labute approximate surface area is 140 Å². The van der Waals surface area contributed by atoms with Gasteiger partial charge in [-0.1, -0.05) is 47.5 Å². The van der Waals surface area contributed by atoms with Gasteiger partial charge in [-0.25, -0.2) is 0 Å². The Bertz CT molecular complexity index is 650.